The van der Waals surface area contributed by atoms with Crippen molar-refractivity contribution in [2.45, 2.75) is 13.0 Å². The van der Waals surface area contributed by atoms with Crippen molar-refractivity contribution >= 4 is 11.6 Å². The maximum Gasteiger partial charge on any atom is 0.345 e. The van der Waals surface area contributed by atoms with E-state index in [1.165, 1.54) is 4.90 Å². The number of pyridine rings is 1. The van der Waals surface area contributed by atoms with E-state index >= 15 is 0 Å². The summed E-state index contributed by atoms with van der Waals surface area (Å²) in [6.45, 7) is -3.03. The summed E-state index contributed by atoms with van der Waals surface area (Å²) in [6.07, 6.45) is 3.92. The van der Waals surface area contributed by atoms with E-state index in [9.17, 15) is 13.6 Å². The summed E-state index contributed by atoms with van der Waals surface area (Å²) < 4.78 is 27.5. The topological polar surface area (TPSA) is 42.4 Å². The molecule has 0 atom stereocenters. The third kappa shape index (κ3) is 2.16. The van der Waals surface area contributed by atoms with Crippen LogP contribution >= 0.6 is 0 Å². The number of alkyl halides is 2. The Kier molecular flexibility index (Phi) is 3.09. The Balaban J connectivity index is 2.04. The van der Waals surface area contributed by atoms with Crippen LogP contribution < -0.4 is 4.90 Å². The Morgan fingerprint density at radius 1 is 1.62 bits per heavy atom. The van der Waals surface area contributed by atoms with Crippen molar-refractivity contribution in [1.82, 2.24) is 4.98 Å². The van der Waals surface area contributed by atoms with Crippen LogP contribution in [0.4, 0.5) is 14.5 Å². The van der Waals surface area contributed by atoms with Gasteiger partial charge in [-0.05, 0) is 18.1 Å². The molecule has 1 aliphatic heterocycles. The van der Waals surface area contributed by atoms with Crippen LogP contribution in [-0.4, -0.2) is 30.7 Å². The number of nitrogens with zero attached hydrogens (tertiary/aromatic N) is 2. The summed E-state index contributed by atoms with van der Waals surface area (Å²) in [6, 6.07) is 1.82. The predicted molar refractivity (Wildman–Crippen MR) is 52.3 cm³/mol. The lowest BCUT2D eigenvalue weighted by Gasteiger charge is -2.16. The van der Waals surface area contributed by atoms with E-state index in [-0.39, 0.29) is 0 Å². The molecule has 0 spiro atoms. The first-order valence-corrected chi connectivity index (χ1v) is 4.81. The van der Waals surface area contributed by atoms with Crippen LogP contribution in [0.5, 0.6) is 0 Å². The number of carbonyl (C=O) groups is 1. The molecule has 0 saturated heterocycles. The average Bonchev–Trinajstić information content (AvgIpc) is 2.69. The monoisotopic (exact) mass is 228 g/mol. The van der Waals surface area contributed by atoms with E-state index in [0.717, 1.165) is 12.0 Å². The van der Waals surface area contributed by atoms with Gasteiger partial charge in [0.1, 0.15) is 6.61 Å². The summed E-state index contributed by atoms with van der Waals surface area (Å²) in [5.74, 6) is -0.466. The number of hydrogen-bond donors (Lipinski definition) is 0. The largest absolute Gasteiger partial charge is 0.345 e. The molecule has 1 amide bonds. The highest BCUT2D eigenvalue weighted by Gasteiger charge is 2.25. The number of anilines is 1. The molecule has 0 aromatic carbocycles. The lowest BCUT2D eigenvalue weighted by molar-refractivity contribution is -0.149. The van der Waals surface area contributed by atoms with Crippen molar-refractivity contribution in [2.75, 3.05) is 18.1 Å². The highest BCUT2D eigenvalue weighted by atomic mass is 19.3. The number of ether oxygens (including phenoxy) is 1. The molecule has 0 aliphatic carbocycles. The number of rotatable bonds is 3. The summed E-state index contributed by atoms with van der Waals surface area (Å²) in [5, 5.41) is 0. The smallest absolute Gasteiger partial charge is 0.313 e. The standard InChI is InChI=1S/C10H10F2N2O2/c11-10(12)16-6-9(15)14-4-2-7-1-3-13-5-8(7)14/h1,3,5,10H,2,4,6H2. The maximum absolute atomic E-state index is 11.8. The second kappa shape index (κ2) is 4.52. The fraction of sp³-hybridized carbons (Fsp3) is 0.400. The van der Waals surface area contributed by atoms with Gasteiger partial charge in [-0.3, -0.25) is 9.78 Å². The molecule has 1 aromatic rings. The molecule has 0 unspecified atom stereocenters. The van der Waals surface area contributed by atoms with Crippen molar-refractivity contribution in [3.63, 3.8) is 0 Å². The third-order valence-corrected chi connectivity index (χ3v) is 2.42. The quantitative estimate of drug-likeness (QED) is 0.780. The SMILES string of the molecule is O=C(COC(F)F)N1CCc2ccncc21. The second-order valence-electron chi connectivity index (χ2n) is 3.37. The van der Waals surface area contributed by atoms with Crippen LogP contribution in [0.15, 0.2) is 18.5 Å². The number of amides is 1. The summed E-state index contributed by atoms with van der Waals surface area (Å²) >= 11 is 0. The van der Waals surface area contributed by atoms with Gasteiger partial charge >= 0.3 is 6.61 Å². The van der Waals surface area contributed by atoms with Crippen molar-refractivity contribution in [1.29, 1.82) is 0 Å². The number of halogens is 2. The van der Waals surface area contributed by atoms with Crippen LogP contribution in [0, 0.1) is 0 Å². The molecule has 0 fully saturated rings. The Morgan fingerprint density at radius 3 is 3.19 bits per heavy atom. The van der Waals surface area contributed by atoms with E-state index < -0.39 is 19.1 Å². The normalized spacial score (nSPS) is 14.3. The van der Waals surface area contributed by atoms with Crippen LogP contribution in [0.2, 0.25) is 0 Å². The number of fused-ring (bicyclic) bond motifs is 1. The summed E-state index contributed by atoms with van der Waals surface area (Å²) in [5.41, 5.74) is 1.69. The van der Waals surface area contributed by atoms with Crippen molar-refractivity contribution in [2.24, 2.45) is 0 Å². The van der Waals surface area contributed by atoms with E-state index in [1.807, 2.05) is 6.07 Å². The van der Waals surface area contributed by atoms with Gasteiger partial charge < -0.3 is 9.64 Å². The van der Waals surface area contributed by atoms with Crippen molar-refractivity contribution < 1.29 is 18.3 Å². The van der Waals surface area contributed by atoms with Gasteiger partial charge in [0, 0.05) is 12.7 Å². The molecule has 86 valence electrons. The minimum absolute atomic E-state index is 0.466. The van der Waals surface area contributed by atoms with Gasteiger partial charge in [-0.15, -0.1) is 0 Å². The van der Waals surface area contributed by atoms with Gasteiger partial charge in [0.25, 0.3) is 5.91 Å². The van der Waals surface area contributed by atoms with E-state index in [0.29, 0.717) is 12.2 Å². The Bertz CT molecular complexity index is 398. The van der Waals surface area contributed by atoms with Gasteiger partial charge in [-0.1, -0.05) is 0 Å². The summed E-state index contributed by atoms with van der Waals surface area (Å²) in [4.78, 5) is 16.9. The third-order valence-electron chi connectivity index (χ3n) is 2.42. The Morgan fingerprint density at radius 2 is 2.44 bits per heavy atom. The lowest BCUT2D eigenvalue weighted by Crippen LogP contribution is -2.33. The van der Waals surface area contributed by atoms with Gasteiger partial charge in [0.05, 0.1) is 11.9 Å². The minimum Gasteiger partial charge on any atom is -0.313 e. The molecule has 0 radical (unpaired) electrons. The van der Waals surface area contributed by atoms with Crippen LogP contribution in [0.1, 0.15) is 5.56 Å². The van der Waals surface area contributed by atoms with E-state index in [4.69, 9.17) is 0 Å². The first-order chi connectivity index (χ1) is 7.68. The van der Waals surface area contributed by atoms with Gasteiger partial charge in [0.15, 0.2) is 0 Å². The average molecular weight is 228 g/mol. The molecule has 4 nitrogen and oxygen atoms in total. The maximum atomic E-state index is 11.8. The van der Waals surface area contributed by atoms with Crippen molar-refractivity contribution in [3.8, 4) is 0 Å². The highest BCUT2D eigenvalue weighted by Crippen LogP contribution is 2.26. The fourth-order valence-electron chi connectivity index (χ4n) is 1.69. The molecular weight excluding hydrogens is 218 g/mol. The van der Waals surface area contributed by atoms with Crippen LogP contribution in [0.25, 0.3) is 0 Å². The number of carbonyl (C=O) groups excluding carboxylic acids is 1. The highest BCUT2D eigenvalue weighted by molar-refractivity contribution is 5.96. The molecule has 2 heterocycles. The zero-order valence-corrected chi connectivity index (χ0v) is 8.40. The van der Waals surface area contributed by atoms with Crippen molar-refractivity contribution in [3.05, 3.63) is 24.0 Å². The lowest BCUT2D eigenvalue weighted by atomic mass is 10.2. The van der Waals surface area contributed by atoms with Crippen LogP contribution in [-0.2, 0) is 16.0 Å². The Hall–Kier alpha value is -1.56. The molecule has 6 heteroatoms. The molecule has 1 aliphatic rings. The van der Waals surface area contributed by atoms with E-state index in [2.05, 4.69) is 9.72 Å². The second-order valence-corrected chi connectivity index (χ2v) is 3.37. The first kappa shape index (κ1) is 10.9. The zero-order valence-electron chi connectivity index (χ0n) is 8.40. The van der Waals surface area contributed by atoms with Gasteiger partial charge in [-0.25, -0.2) is 0 Å². The van der Waals surface area contributed by atoms with E-state index in [1.54, 1.807) is 12.4 Å². The Labute approximate surface area is 90.8 Å². The van der Waals surface area contributed by atoms with Crippen LogP contribution in [0.3, 0.4) is 0 Å². The van der Waals surface area contributed by atoms with Gasteiger partial charge in [0.2, 0.25) is 0 Å². The predicted octanol–water partition coefficient (Wildman–Crippen LogP) is 1.21. The minimum atomic E-state index is -2.92. The zero-order chi connectivity index (χ0) is 11.5. The fourth-order valence-corrected chi connectivity index (χ4v) is 1.69. The number of hydrogen-bond acceptors (Lipinski definition) is 3. The first-order valence-electron chi connectivity index (χ1n) is 4.81. The molecule has 0 bridgehead atoms. The molecular formula is C10H10F2N2O2. The van der Waals surface area contributed by atoms with Gasteiger partial charge in [-0.2, -0.15) is 8.78 Å². The molecule has 16 heavy (non-hydrogen) atoms. The summed E-state index contributed by atoms with van der Waals surface area (Å²) in [7, 11) is 0. The molecule has 0 N–H and O–H groups in total. The molecule has 2 rings (SSSR count). The number of aromatic nitrogens is 1. The molecule has 1 aromatic heterocycles. The molecule has 0 saturated carbocycles.